The molecule has 3 heteroatoms. The third-order valence-electron chi connectivity index (χ3n) is 4.11. The van der Waals surface area contributed by atoms with Gasteiger partial charge in [-0.2, -0.15) is 0 Å². The van der Waals surface area contributed by atoms with Crippen molar-refractivity contribution in [1.29, 1.82) is 0 Å². The van der Waals surface area contributed by atoms with E-state index in [1.165, 1.54) is 0 Å². The lowest BCUT2D eigenvalue weighted by atomic mass is 9.93. The molecule has 0 spiro atoms. The molecule has 130 valence electrons. The van der Waals surface area contributed by atoms with Gasteiger partial charge in [-0.1, -0.05) is 79.7 Å². The maximum absolute atomic E-state index is 12.8. The molecule has 0 saturated carbocycles. The van der Waals surface area contributed by atoms with Crippen molar-refractivity contribution < 1.29 is 9.53 Å². The summed E-state index contributed by atoms with van der Waals surface area (Å²) in [6, 6.07) is 19.5. The average Bonchev–Trinajstić information content (AvgIpc) is 2.67. The number of hydrogen-bond acceptors (Lipinski definition) is 2. The number of hydrogen-bond donors (Lipinski definition) is 0. The number of ether oxygens (including phenoxy) is 1. The van der Waals surface area contributed by atoms with Crippen molar-refractivity contribution in [2.45, 2.75) is 19.6 Å². The number of benzene rings is 2. The number of carbonyl (C=O) groups is 1. The molecule has 0 radical (unpaired) electrons. The van der Waals surface area contributed by atoms with E-state index in [1.807, 2.05) is 73.7 Å². The van der Waals surface area contributed by atoms with Crippen LogP contribution < -0.4 is 0 Å². The fourth-order valence-electron chi connectivity index (χ4n) is 2.79. The van der Waals surface area contributed by atoms with Gasteiger partial charge in [-0.3, -0.25) is 4.90 Å². The van der Waals surface area contributed by atoms with E-state index in [0.29, 0.717) is 6.54 Å². The molecule has 2 rings (SSSR count). The zero-order valence-electron chi connectivity index (χ0n) is 14.7. The summed E-state index contributed by atoms with van der Waals surface area (Å²) in [6.07, 6.45) is 3.22. The summed E-state index contributed by atoms with van der Waals surface area (Å²) in [7, 11) is 0. The molecular weight excluding hydrogens is 310 g/mol. The Kier molecular flexibility index (Phi) is 7.02. The zero-order chi connectivity index (χ0) is 18.1. The minimum absolute atomic E-state index is 0.0756. The molecule has 0 N–H and O–H groups in total. The van der Waals surface area contributed by atoms with Crippen molar-refractivity contribution >= 4 is 6.09 Å². The smallest absolute Gasteiger partial charge is 0.410 e. The van der Waals surface area contributed by atoms with Crippen LogP contribution in [0.5, 0.6) is 0 Å². The van der Waals surface area contributed by atoms with Crippen LogP contribution in [0.3, 0.4) is 0 Å². The molecule has 0 saturated heterocycles. The molecule has 0 bridgehead atoms. The maximum Gasteiger partial charge on any atom is 0.410 e. The molecule has 0 aliphatic rings. The molecule has 0 aromatic heterocycles. The SMILES string of the molecule is C=CCN(C(=O)OCc1ccccc1)C(c1ccccc1)C(C)C=C. The van der Waals surface area contributed by atoms with E-state index < -0.39 is 0 Å². The van der Waals surface area contributed by atoms with E-state index in [0.717, 1.165) is 11.1 Å². The molecule has 0 aliphatic carbocycles. The van der Waals surface area contributed by atoms with Gasteiger partial charge in [0.1, 0.15) is 6.61 Å². The van der Waals surface area contributed by atoms with E-state index in [-0.39, 0.29) is 24.7 Å². The first-order chi connectivity index (χ1) is 12.2. The Bertz CT molecular complexity index is 682. The van der Waals surface area contributed by atoms with Gasteiger partial charge in [0.15, 0.2) is 0 Å². The van der Waals surface area contributed by atoms with Crippen LogP contribution in [-0.2, 0) is 11.3 Å². The van der Waals surface area contributed by atoms with Crippen LogP contribution in [0.25, 0.3) is 0 Å². The van der Waals surface area contributed by atoms with Gasteiger partial charge in [0.2, 0.25) is 0 Å². The van der Waals surface area contributed by atoms with E-state index in [1.54, 1.807) is 11.0 Å². The number of rotatable bonds is 8. The Balaban J connectivity index is 2.21. The molecule has 0 fully saturated rings. The first kappa shape index (κ1) is 18.5. The Morgan fingerprint density at radius 3 is 2.24 bits per heavy atom. The third-order valence-corrected chi connectivity index (χ3v) is 4.11. The first-order valence-corrected chi connectivity index (χ1v) is 8.43. The standard InChI is InChI=1S/C22H25NO2/c1-4-16-23(22(24)25-17-19-12-8-6-9-13-19)21(18(3)5-2)20-14-10-7-11-15-20/h4-15,18,21H,1-2,16-17H2,3H3. The summed E-state index contributed by atoms with van der Waals surface area (Å²) in [5.41, 5.74) is 2.01. The Labute approximate surface area is 150 Å². The zero-order valence-corrected chi connectivity index (χ0v) is 14.7. The molecule has 0 aliphatic heterocycles. The average molecular weight is 335 g/mol. The van der Waals surface area contributed by atoms with Gasteiger partial charge < -0.3 is 4.74 Å². The van der Waals surface area contributed by atoms with Gasteiger partial charge in [-0.25, -0.2) is 4.79 Å². The van der Waals surface area contributed by atoms with Crippen LogP contribution >= 0.6 is 0 Å². The minimum Gasteiger partial charge on any atom is -0.445 e. The molecule has 2 unspecified atom stereocenters. The highest BCUT2D eigenvalue weighted by atomic mass is 16.6. The summed E-state index contributed by atoms with van der Waals surface area (Å²) in [5, 5.41) is 0. The summed E-state index contributed by atoms with van der Waals surface area (Å²) in [4.78, 5) is 14.5. The lowest BCUT2D eigenvalue weighted by Gasteiger charge is -2.33. The Hall–Kier alpha value is -2.81. The second-order valence-corrected chi connectivity index (χ2v) is 5.93. The molecular formula is C22H25NO2. The number of amides is 1. The van der Waals surface area contributed by atoms with Gasteiger partial charge in [0.05, 0.1) is 6.04 Å². The topological polar surface area (TPSA) is 29.5 Å². The van der Waals surface area contributed by atoms with Crippen molar-refractivity contribution in [1.82, 2.24) is 4.90 Å². The van der Waals surface area contributed by atoms with Crippen molar-refractivity contribution in [2.75, 3.05) is 6.54 Å². The highest BCUT2D eigenvalue weighted by molar-refractivity contribution is 5.68. The predicted molar refractivity (Wildman–Crippen MR) is 102 cm³/mol. The number of nitrogens with zero attached hydrogens (tertiary/aromatic N) is 1. The third kappa shape index (κ3) is 5.08. The highest BCUT2D eigenvalue weighted by Gasteiger charge is 2.28. The van der Waals surface area contributed by atoms with Crippen molar-refractivity contribution in [3.8, 4) is 0 Å². The summed E-state index contributed by atoms with van der Waals surface area (Å²) in [5.74, 6) is 0.0756. The second-order valence-electron chi connectivity index (χ2n) is 5.93. The van der Waals surface area contributed by atoms with Crippen LogP contribution in [0.1, 0.15) is 24.1 Å². The summed E-state index contributed by atoms with van der Waals surface area (Å²) >= 11 is 0. The van der Waals surface area contributed by atoms with Gasteiger partial charge in [0, 0.05) is 6.54 Å². The fraction of sp³-hybridized carbons (Fsp3) is 0.227. The predicted octanol–water partition coefficient (Wildman–Crippen LogP) is 5.37. The molecule has 2 aromatic rings. The second kappa shape index (κ2) is 9.48. The molecule has 3 nitrogen and oxygen atoms in total. The van der Waals surface area contributed by atoms with E-state index >= 15 is 0 Å². The van der Waals surface area contributed by atoms with E-state index in [2.05, 4.69) is 13.2 Å². The normalized spacial score (nSPS) is 12.7. The lowest BCUT2D eigenvalue weighted by Crippen LogP contribution is -2.38. The highest BCUT2D eigenvalue weighted by Crippen LogP contribution is 2.30. The van der Waals surface area contributed by atoms with Crippen LogP contribution in [0.4, 0.5) is 4.79 Å². The molecule has 0 heterocycles. The van der Waals surface area contributed by atoms with Crippen LogP contribution in [0, 0.1) is 5.92 Å². The van der Waals surface area contributed by atoms with Gasteiger partial charge in [-0.05, 0) is 17.0 Å². The van der Waals surface area contributed by atoms with Crippen LogP contribution in [-0.4, -0.2) is 17.5 Å². The van der Waals surface area contributed by atoms with Crippen molar-refractivity contribution in [3.05, 3.63) is 97.1 Å². The molecule has 1 amide bonds. The van der Waals surface area contributed by atoms with Crippen LogP contribution in [0.15, 0.2) is 86.0 Å². The Morgan fingerprint density at radius 1 is 1.08 bits per heavy atom. The first-order valence-electron chi connectivity index (χ1n) is 8.43. The Morgan fingerprint density at radius 2 is 1.68 bits per heavy atom. The van der Waals surface area contributed by atoms with Gasteiger partial charge >= 0.3 is 6.09 Å². The van der Waals surface area contributed by atoms with E-state index in [9.17, 15) is 4.79 Å². The molecule has 25 heavy (non-hydrogen) atoms. The van der Waals surface area contributed by atoms with Gasteiger partial charge in [-0.15, -0.1) is 13.2 Å². The van der Waals surface area contributed by atoms with Crippen LogP contribution in [0.2, 0.25) is 0 Å². The quantitative estimate of drug-likeness (QED) is 0.607. The largest absolute Gasteiger partial charge is 0.445 e. The summed E-state index contributed by atoms with van der Waals surface area (Å²) < 4.78 is 5.54. The van der Waals surface area contributed by atoms with Gasteiger partial charge in [0.25, 0.3) is 0 Å². The summed E-state index contributed by atoms with van der Waals surface area (Å²) in [6.45, 7) is 10.4. The van der Waals surface area contributed by atoms with E-state index in [4.69, 9.17) is 4.74 Å². The maximum atomic E-state index is 12.8. The molecule has 2 aromatic carbocycles. The lowest BCUT2D eigenvalue weighted by molar-refractivity contribution is 0.0780. The number of carbonyl (C=O) groups excluding carboxylic acids is 1. The van der Waals surface area contributed by atoms with Crippen molar-refractivity contribution in [2.24, 2.45) is 5.92 Å². The van der Waals surface area contributed by atoms with Crippen molar-refractivity contribution in [3.63, 3.8) is 0 Å². The monoisotopic (exact) mass is 335 g/mol. The fourth-order valence-corrected chi connectivity index (χ4v) is 2.79. The minimum atomic E-state index is -0.355. The molecule has 2 atom stereocenters.